The van der Waals surface area contributed by atoms with Gasteiger partial charge in [0.2, 0.25) is 0 Å². The van der Waals surface area contributed by atoms with E-state index in [2.05, 4.69) is 19.9 Å². The van der Waals surface area contributed by atoms with Gasteiger partial charge in [0.25, 0.3) is 0 Å². The van der Waals surface area contributed by atoms with Gasteiger partial charge in [0.1, 0.15) is 5.82 Å². The van der Waals surface area contributed by atoms with Gasteiger partial charge in [-0.25, -0.2) is 9.18 Å². The monoisotopic (exact) mass is 675 g/mol. The quantitative estimate of drug-likeness (QED) is 0.184. The second-order valence-electron chi connectivity index (χ2n) is 13.8. The SMILES string of the molecule is CCOC(=O)N(Cc1ccccc1)C[C@]1(O)CC[C@H]2c3ccc(cc3C(=O)Cc3c(F)cccc3Cl)C[C@@H](O)CCC(C)=CCC[C@@]21C. The van der Waals surface area contributed by atoms with Gasteiger partial charge in [-0.2, -0.15) is 0 Å². The lowest BCUT2D eigenvalue weighted by Crippen LogP contribution is -2.53. The van der Waals surface area contributed by atoms with Gasteiger partial charge in [-0.05, 0) is 99.6 Å². The van der Waals surface area contributed by atoms with E-state index in [0.717, 1.165) is 23.1 Å². The molecule has 6 nitrogen and oxygen atoms in total. The number of carbonyl (C=O) groups excluding carboxylic acids is 2. The van der Waals surface area contributed by atoms with Crippen molar-refractivity contribution in [3.63, 3.8) is 0 Å². The molecule has 0 aliphatic heterocycles. The van der Waals surface area contributed by atoms with Gasteiger partial charge >= 0.3 is 6.09 Å². The number of ether oxygens (including phenoxy) is 1. The molecule has 256 valence electrons. The van der Waals surface area contributed by atoms with E-state index in [4.69, 9.17) is 16.3 Å². The molecule has 0 unspecified atom stereocenters. The number of aliphatic hydroxyl groups is 2. The fraction of sp³-hybridized carbons (Fsp3) is 0.450. The van der Waals surface area contributed by atoms with Crippen molar-refractivity contribution in [1.82, 2.24) is 4.90 Å². The van der Waals surface area contributed by atoms with Gasteiger partial charge in [-0.3, -0.25) is 4.79 Å². The number of ketones is 1. The second kappa shape index (κ2) is 15.4. The maximum atomic E-state index is 14.9. The Labute approximate surface area is 288 Å². The van der Waals surface area contributed by atoms with Crippen molar-refractivity contribution in [2.75, 3.05) is 13.2 Å². The highest BCUT2D eigenvalue weighted by Gasteiger charge is 2.57. The Bertz CT molecular complexity index is 1620. The number of hydrogen-bond donors (Lipinski definition) is 2. The summed E-state index contributed by atoms with van der Waals surface area (Å²) in [6.45, 7) is 6.47. The van der Waals surface area contributed by atoms with Crippen LogP contribution in [0, 0.1) is 11.2 Å². The normalized spacial score (nSPS) is 24.4. The number of aliphatic hydroxyl groups excluding tert-OH is 1. The molecule has 1 saturated carbocycles. The van der Waals surface area contributed by atoms with Crippen LogP contribution in [-0.2, 0) is 24.1 Å². The van der Waals surface area contributed by atoms with E-state index in [0.29, 0.717) is 44.1 Å². The molecular weight excluding hydrogens is 629 g/mol. The van der Waals surface area contributed by atoms with Gasteiger partial charge < -0.3 is 19.8 Å². The van der Waals surface area contributed by atoms with Crippen molar-refractivity contribution < 1.29 is 28.9 Å². The molecule has 48 heavy (non-hydrogen) atoms. The van der Waals surface area contributed by atoms with Gasteiger partial charge in [0.15, 0.2) is 5.78 Å². The molecule has 0 spiro atoms. The summed E-state index contributed by atoms with van der Waals surface area (Å²) in [7, 11) is 0. The zero-order valence-corrected chi connectivity index (χ0v) is 28.9. The Morgan fingerprint density at radius 2 is 1.83 bits per heavy atom. The molecule has 3 aliphatic rings. The molecule has 3 aromatic rings. The summed E-state index contributed by atoms with van der Waals surface area (Å²) in [6.07, 6.45) is 4.87. The maximum Gasteiger partial charge on any atom is 0.410 e. The first-order chi connectivity index (χ1) is 22.9. The fourth-order valence-corrected chi connectivity index (χ4v) is 7.95. The van der Waals surface area contributed by atoms with Gasteiger partial charge in [0.05, 0.1) is 24.9 Å². The summed E-state index contributed by atoms with van der Waals surface area (Å²) in [6, 6.07) is 19.8. The van der Waals surface area contributed by atoms with Gasteiger partial charge in [-0.1, -0.05) is 78.7 Å². The van der Waals surface area contributed by atoms with Crippen LogP contribution in [0.4, 0.5) is 9.18 Å². The molecular formula is C40H47ClFNO5. The smallest absolute Gasteiger partial charge is 0.410 e. The Morgan fingerprint density at radius 1 is 1.06 bits per heavy atom. The van der Waals surface area contributed by atoms with E-state index >= 15 is 0 Å². The predicted molar refractivity (Wildman–Crippen MR) is 187 cm³/mol. The molecule has 4 atom stereocenters. The summed E-state index contributed by atoms with van der Waals surface area (Å²) >= 11 is 6.35. The molecule has 0 saturated heterocycles. The largest absolute Gasteiger partial charge is 0.450 e. The van der Waals surface area contributed by atoms with E-state index in [1.807, 2.05) is 48.5 Å². The third-order valence-electron chi connectivity index (χ3n) is 10.6. The molecule has 0 radical (unpaired) electrons. The maximum absolute atomic E-state index is 14.9. The zero-order chi connectivity index (χ0) is 34.5. The van der Waals surface area contributed by atoms with Crippen molar-refractivity contribution in [3.8, 4) is 0 Å². The van der Waals surface area contributed by atoms with E-state index in [1.165, 1.54) is 17.7 Å². The van der Waals surface area contributed by atoms with E-state index in [9.17, 15) is 24.2 Å². The van der Waals surface area contributed by atoms with Crippen LogP contribution in [-0.4, -0.2) is 51.8 Å². The zero-order valence-electron chi connectivity index (χ0n) is 28.2. The lowest BCUT2D eigenvalue weighted by atomic mass is 9.64. The van der Waals surface area contributed by atoms with Crippen LogP contribution in [0.1, 0.15) is 97.8 Å². The summed E-state index contributed by atoms with van der Waals surface area (Å²) in [5, 5.41) is 23.8. The third kappa shape index (κ3) is 7.85. The first-order valence-corrected chi connectivity index (χ1v) is 17.4. The lowest BCUT2D eigenvalue weighted by Gasteiger charge is -2.46. The number of fused-ring (bicyclic) bond motifs is 8. The fourth-order valence-electron chi connectivity index (χ4n) is 7.72. The Morgan fingerprint density at radius 3 is 2.56 bits per heavy atom. The number of allylic oxidation sites excluding steroid dienone is 2. The number of benzene rings is 3. The van der Waals surface area contributed by atoms with Crippen molar-refractivity contribution in [3.05, 3.63) is 117 Å². The molecule has 1 fully saturated rings. The first kappa shape index (κ1) is 35.8. The standard InChI is InChI=1S/C40H47ClFNO5/c1-4-48-38(46)43(25-28-11-6-5-7-12-28)26-40(47)21-19-34-31-18-16-29(22-30(44)17-15-27(2)10-9-20-39(34,40)3)23-32(31)37(45)24-33-35(41)13-8-14-36(33)42/h5-8,10-14,16,18,23,30,34,44,47H,4,9,15,17,19-22,24-26H2,1-3H3/t30-,34-,39-,40+/m0/s1. The molecule has 0 aromatic heterocycles. The summed E-state index contributed by atoms with van der Waals surface area (Å²) in [5.74, 6) is -1.05. The number of hydrogen-bond acceptors (Lipinski definition) is 5. The van der Waals surface area contributed by atoms with Crippen LogP contribution in [0.15, 0.2) is 78.4 Å². The van der Waals surface area contributed by atoms with Gasteiger partial charge in [-0.15, -0.1) is 0 Å². The van der Waals surface area contributed by atoms with E-state index in [-0.39, 0.29) is 48.4 Å². The highest BCUT2D eigenvalue weighted by Crippen LogP contribution is 2.59. The van der Waals surface area contributed by atoms with Crippen LogP contribution in [0.25, 0.3) is 0 Å². The van der Waals surface area contributed by atoms with Crippen LogP contribution in [0.5, 0.6) is 0 Å². The predicted octanol–water partition coefficient (Wildman–Crippen LogP) is 8.60. The number of Topliss-reactive ketones (excluding diaryl/α,β-unsaturated/α-hetero) is 1. The molecule has 3 aromatic carbocycles. The minimum absolute atomic E-state index is 0.0643. The number of nitrogens with zero attached hydrogens (tertiary/aromatic N) is 1. The van der Waals surface area contributed by atoms with Crippen molar-refractivity contribution in [2.45, 2.75) is 96.3 Å². The number of amides is 1. The molecule has 2 N–H and O–H groups in total. The van der Waals surface area contributed by atoms with E-state index < -0.39 is 29.0 Å². The third-order valence-corrected chi connectivity index (χ3v) is 10.9. The van der Waals surface area contributed by atoms with Crippen LogP contribution in [0.3, 0.4) is 0 Å². The molecule has 3 aliphatic carbocycles. The highest BCUT2D eigenvalue weighted by atomic mass is 35.5. The Kier molecular flexibility index (Phi) is 11.4. The molecule has 2 bridgehead atoms. The topological polar surface area (TPSA) is 87.1 Å². The van der Waals surface area contributed by atoms with Crippen molar-refractivity contribution in [2.24, 2.45) is 5.41 Å². The summed E-state index contributed by atoms with van der Waals surface area (Å²) < 4.78 is 20.3. The average molecular weight is 676 g/mol. The number of carbonyl (C=O) groups is 2. The first-order valence-electron chi connectivity index (χ1n) is 17.0. The number of halogens is 2. The van der Waals surface area contributed by atoms with Gasteiger partial charge in [0, 0.05) is 34.5 Å². The minimum Gasteiger partial charge on any atom is -0.450 e. The minimum atomic E-state index is -1.30. The van der Waals surface area contributed by atoms with E-state index in [1.54, 1.807) is 17.9 Å². The second-order valence-corrected chi connectivity index (χ2v) is 14.2. The van der Waals surface area contributed by atoms with Crippen molar-refractivity contribution in [1.29, 1.82) is 0 Å². The highest BCUT2D eigenvalue weighted by molar-refractivity contribution is 6.31. The molecule has 6 rings (SSSR count). The van der Waals surface area contributed by atoms with Crippen molar-refractivity contribution >= 4 is 23.5 Å². The molecule has 1 amide bonds. The lowest BCUT2D eigenvalue weighted by molar-refractivity contribution is -0.0821. The summed E-state index contributed by atoms with van der Waals surface area (Å²) in [4.78, 5) is 29.1. The average Bonchev–Trinajstić information content (AvgIpc) is 3.31. The Balaban J connectivity index is 1.58. The van der Waals surface area contributed by atoms with Crippen LogP contribution < -0.4 is 0 Å². The number of rotatable bonds is 8. The Hall–Kier alpha value is -3.52. The molecule has 0 heterocycles. The van der Waals surface area contributed by atoms with Crippen LogP contribution in [0.2, 0.25) is 5.02 Å². The molecule has 8 heteroatoms. The van der Waals surface area contributed by atoms with Crippen LogP contribution >= 0.6 is 11.6 Å². The summed E-state index contributed by atoms with van der Waals surface area (Å²) in [5.41, 5.74) is 2.25.